The zero-order chi connectivity index (χ0) is 23.3. The third kappa shape index (κ3) is 5.19. The molecule has 0 bridgehead atoms. The number of benzene rings is 1. The fourth-order valence-corrected chi connectivity index (χ4v) is 3.98. The van der Waals surface area contributed by atoms with Crippen molar-refractivity contribution in [3.05, 3.63) is 59.8 Å². The Morgan fingerprint density at radius 1 is 1.28 bits per heavy atom. The standard InChI is InChI=1S/C24H34N6O2/c1-15(2)24(4,19-7-5-17(6-8-19)18(13-25)14-27-16(3)26)22-29-23(32-30-22)28-20-9-11-21(31)12-10-20/h5-8,13-15,20-21,31H,3,9-12,25-26H2,1-2,4H3,(H,28,29,30)/b18-13+,27-14?. The number of nitrogens with two attached hydrogens (primary N) is 2. The fourth-order valence-electron chi connectivity index (χ4n) is 3.98. The minimum atomic E-state index is -0.447. The van der Waals surface area contributed by atoms with Crippen molar-refractivity contribution in [2.75, 3.05) is 5.32 Å². The Kier molecular flexibility index (Phi) is 7.35. The summed E-state index contributed by atoms with van der Waals surface area (Å²) in [5.74, 6) is 1.07. The lowest BCUT2D eigenvalue weighted by Crippen LogP contribution is -2.32. The number of nitrogens with one attached hydrogen (secondary N) is 1. The van der Waals surface area contributed by atoms with Crippen LogP contribution in [-0.2, 0) is 5.41 Å². The van der Waals surface area contributed by atoms with Gasteiger partial charge in [0.1, 0.15) is 5.82 Å². The van der Waals surface area contributed by atoms with Crippen LogP contribution in [0, 0.1) is 5.92 Å². The van der Waals surface area contributed by atoms with Gasteiger partial charge in [-0.2, -0.15) is 4.98 Å². The first-order chi connectivity index (χ1) is 15.2. The number of aliphatic hydroxyl groups excluding tert-OH is 1. The van der Waals surface area contributed by atoms with E-state index in [0.717, 1.165) is 42.4 Å². The quantitative estimate of drug-likeness (QED) is 0.463. The number of anilines is 1. The topological polar surface area (TPSA) is 136 Å². The molecule has 0 saturated heterocycles. The van der Waals surface area contributed by atoms with Gasteiger partial charge in [-0.1, -0.05) is 49.8 Å². The molecule has 32 heavy (non-hydrogen) atoms. The van der Waals surface area contributed by atoms with E-state index in [-0.39, 0.29) is 23.9 Å². The van der Waals surface area contributed by atoms with Crippen LogP contribution >= 0.6 is 0 Å². The summed E-state index contributed by atoms with van der Waals surface area (Å²) in [6, 6.07) is 8.76. The maximum absolute atomic E-state index is 9.71. The molecule has 6 N–H and O–H groups in total. The van der Waals surface area contributed by atoms with E-state index in [1.54, 1.807) is 6.21 Å². The molecule has 0 aliphatic heterocycles. The van der Waals surface area contributed by atoms with Crippen molar-refractivity contribution in [3.8, 4) is 0 Å². The third-order valence-electron chi connectivity index (χ3n) is 6.44. The van der Waals surface area contributed by atoms with E-state index in [4.69, 9.17) is 16.0 Å². The summed E-state index contributed by atoms with van der Waals surface area (Å²) in [7, 11) is 0. The second-order valence-electron chi connectivity index (χ2n) is 8.88. The lowest BCUT2D eigenvalue weighted by atomic mass is 9.72. The van der Waals surface area contributed by atoms with Crippen molar-refractivity contribution in [2.45, 2.75) is 64.0 Å². The van der Waals surface area contributed by atoms with Gasteiger partial charge >= 0.3 is 6.01 Å². The summed E-state index contributed by atoms with van der Waals surface area (Å²) in [4.78, 5) is 8.72. The summed E-state index contributed by atoms with van der Waals surface area (Å²) < 4.78 is 5.55. The van der Waals surface area contributed by atoms with Gasteiger partial charge in [-0.3, -0.25) is 0 Å². The highest BCUT2D eigenvalue weighted by Crippen LogP contribution is 2.38. The molecule has 1 aliphatic rings. The van der Waals surface area contributed by atoms with E-state index in [1.165, 1.54) is 6.20 Å². The van der Waals surface area contributed by atoms with Crippen LogP contribution in [0.5, 0.6) is 0 Å². The molecule has 8 heteroatoms. The molecule has 0 radical (unpaired) electrons. The summed E-state index contributed by atoms with van der Waals surface area (Å²) in [6.45, 7) is 9.98. The Balaban J connectivity index is 1.82. The second kappa shape index (κ2) is 9.99. The number of hydrogen-bond acceptors (Lipinski definition) is 8. The van der Waals surface area contributed by atoms with Gasteiger partial charge < -0.3 is 26.4 Å². The molecule has 0 spiro atoms. The van der Waals surface area contributed by atoms with E-state index in [2.05, 4.69) is 59.9 Å². The number of nitrogens with zero attached hydrogens (tertiary/aromatic N) is 3. The molecule has 2 aromatic rings. The minimum absolute atomic E-state index is 0.200. The second-order valence-corrected chi connectivity index (χ2v) is 8.88. The van der Waals surface area contributed by atoms with Gasteiger partial charge in [-0.25, -0.2) is 4.99 Å². The number of aliphatic hydroxyl groups is 1. The number of hydrogen-bond donors (Lipinski definition) is 4. The van der Waals surface area contributed by atoms with Crippen LogP contribution in [-0.4, -0.2) is 33.6 Å². The monoisotopic (exact) mass is 438 g/mol. The van der Waals surface area contributed by atoms with Gasteiger partial charge in [0, 0.05) is 24.0 Å². The van der Waals surface area contributed by atoms with Gasteiger partial charge in [0.2, 0.25) is 0 Å². The van der Waals surface area contributed by atoms with Gasteiger partial charge in [0.05, 0.1) is 11.5 Å². The van der Waals surface area contributed by atoms with Gasteiger partial charge in [0.25, 0.3) is 0 Å². The third-order valence-corrected chi connectivity index (χ3v) is 6.44. The number of rotatable bonds is 8. The molecule has 1 aromatic carbocycles. The van der Waals surface area contributed by atoms with Crippen molar-refractivity contribution < 1.29 is 9.63 Å². The molecule has 3 rings (SSSR count). The maximum Gasteiger partial charge on any atom is 0.321 e. The Morgan fingerprint density at radius 2 is 1.94 bits per heavy atom. The van der Waals surface area contributed by atoms with Crippen LogP contribution in [0.25, 0.3) is 5.57 Å². The first kappa shape index (κ1) is 23.5. The van der Waals surface area contributed by atoms with Crippen molar-refractivity contribution in [1.29, 1.82) is 0 Å². The maximum atomic E-state index is 9.71. The molecule has 1 unspecified atom stereocenters. The van der Waals surface area contributed by atoms with Crippen LogP contribution in [0.2, 0.25) is 0 Å². The van der Waals surface area contributed by atoms with Crippen LogP contribution in [0.1, 0.15) is 63.4 Å². The number of allylic oxidation sites excluding steroid dienone is 1. The minimum Gasteiger partial charge on any atom is -0.404 e. The van der Waals surface area contributed by atoms with E-state index >= 15 is 0 Å². The predicted molar refractivity (Wildman–Crippen MR) is 128 cm³/mol. The van der Waals surface area contributed by atoms with Crippen molar-refractivity contribution >= 4 is 17.8 Å². The largest absolute Gasteiger partial charge is 0.404 e. The van der Waals surface area contributed by atoms with E-state index in [1.807, 2.05) is 12.1 Å². The number of aliphatic imine (C=N–C) groups is 1. The molecule has 1 heterocycles. The summed E-state index contributed by atoms with van der Waals surface area (Å²) >= 11 is 0. The summed E-state index contributed by atoms with van der Waals surface area (Å²) in [5.41, 5.74) is 13.6. The Bertz CT molecular complexity index is 971. The average Bonchev–Trinajstić information content (AvgIpc) is 3.24. The van der Waals surface area contributed by atoms with Crippen LogP contribution in [0.15, 0.2) is 52.4 Å². The Hall–Kier alpha value is -3.13. The van der Waals surface area contributed by atoms with E-state index in [9.17, 15) is 5.11 Å². The molecule has 8 nitrogen and oxygen atoms in total. The number of aromatic nitrogens is 2. The highest BCUT2D eigenvalue weighted by Gasteiger charge is 2.37. The van der Waals surface area contributed by atoms with Crippen molar-refractivity contribution in [3.63, 3.8) is 0 Å². The van der Waals surface area contributed by atoms with Gasteiger partial charge in [-0.05, 0) is 49.7 Å². The highest BCUT2D eigenvalue weighted by molar-refractivity contribution is 6.09. The Labute approximate surface area is 189 Å². The fraction of sp³-hybridized carbons (Fsp3) is 0.458. The molecule has 1 fully saturated rings. The zero-order valence-electron chi connectivity index (χ0n) is 19.1. The van der Waals surface area contributed by atoms with Crippen LogP contribution < -0.4 is 16.8 Å². The smallest absolute Gasteiger partial charge is 0.321 e. The lowest BCUT2D eigenvalue weighted by molar-refractivity contribution is 0.125. The molecule has 1 atom stereocenters. The van der Waals surface area contributed by atoms with Crippen molar-refractivity contribution in [1.82, 2.24) is 10.1 Å². The normalized spacial score (nSPS) is 21.6. The van der Waals surface area contributed by atoms with Gasteiger partial charge in [0.15, 0.2) is 5.82 Å². The van der Waals surface area contributed by atoms with Crippen molar-refractivity contribution in [2.24, 2.45) is 22.4 Å². The molecular weight excluding hydrogens is 404 g/mol. The summed E-state index contributed by atoms with van der Waals surface area (Å²) in [6.07, 6.45) is 6.24. The molecule has 1 aliphatic carbocycles. The van der Waals surface area contributed by atoms with E-state index < -0.39 is 5.41 Å². The SMILES string of the molecule is C=C(N)N=C/C(=C\N)c1ccc(C(C)(c2noc(NC3CCC(O)CC3)n2)C(C)C)cc1. The Morgan fingerprint density at radius 3 is 2.50 bits per heavy atom. The van der Waals surface area contributed by atoms with E-state index in [0.29, 0.717) is 11.8 Å². The first-order valence-corrected chi connectivity index (χ1v) is 11.0. The van der Waals surface area contributed by atoms with Crippen LogP contribution in [0.3, 0.4) is 0 Å². The molecule has 0 amide bonds. The predicted octanol–water partition coefficient (Wildman–Crippen LogP) is 3.55. The van der Waals surface area contributed by atoms with Crippen LogP contribution in [0.4, 0.5) is 6.01 Å². The molecular formula is C24H34N6O2. The molecule has 172 valence electrons. The molecule has 1 aromatic heterocycles. The van der Waals surface area contributed by atoms with Gasteiger partial charge in [-0.15, -0.1) is 0 Å². The average molecular weight is 439 g/mol. The lowest BCUT2D eigenvalue weighted by Gasteiger charge is -2.31. The highest BCUT2D eigenvalue weighted by atomic mass is 16.5. The first-order valence-electron chi connectivity index (χ1n) is 11.0. The molecule has 1 saturated carbocycles. The summed E-state index contributed by atoms with van der Waals surface area (Å²) in [5, 5.41) is 17.4. The zero-order valence-corrected chi connectivity index (χ0v) is 19.1.